The van der Waals surface area contributed by atoms with Crippen LogP contribution in [-0.2, 0) is 4.79 Å². The van der Waals surface area contributed by atoms with E-state index in [1.807, 2.05) is 18.2 Å². The molecule has 0 radical (unpaired) electrons. The van der Waals surface area contributed by atoms with Gasteiger partial charge in [0.05, 0.1) is 13.7 Å². The lowest BCUT2D eigenvalue weighted by molar-refractivity contribution is -0.116. The van der Waals surface area contributed by atoms with Gasteiger partial charge in [-0.15, -0.1) is 0 Å². The van der Waals surface area contributed by atoms with Gasteiger partial charge in [-0.2, -0.15) is 0 Å². The molecule has 0 aliphatic carbocycles. The zero-order valence-corrected chi connectivity index (χ0v) is 15.3. The first-order chi connectivity index (χ1) is 12.0. The van der Waals surface area contributed by atoms with Crippen molar-refractivity contribution in [2.45, 2.75) is 39.5 Å². The number of methoxy groups -OCH3 is 1. The number of rotatable bonds is 5. The number of ether oxygens (including phenoxy) is 2. The average Bonchev–Trinajstić information content (AvgIpc) is 2.60. The molecule has 1 N–H and O–H groups in total. The third-order valence-electron chi connectivity index (χ3n) is 4.76. The van der Waals surface area contributed by atoms with Gasteiger partial charge in [0.15, 0.2) is 11.5 Å². The highest BCUT2D eigenvalue weighted by Crippen LogP contribution is 2.41. The minimum Gasteiger partial charge on any atom is -0.493 e. The van der Waals surface area contributed by atoms with Gasteiger partial charge in [-0.1, -0.05) is 19.1 Å². The van der Waals surface area contributed by atoms with E-state index in [0.717, 1.165) is 29.0 Å². The zero-order valence-electron chi connectivity index (χ0n) is 15.3. The molecule has 4 nitrogen and oxygen atoms in total. The molecule has 1 aliphatic rings. The molecule has 1 amide bonds. The van der Waals surface area contributed by atoms with Crippen LogP contribution in [0.3, 0.4) is 0 Å². The normalized spacial score (nSPS) is 16.2. The summed E-state index contributed by atoms with van der Waals surface area (Å²) in [5.41, 5.74) is 5.55. The van der Waals surface area contributed by atoms with E-state index < -0.39 is 0 Å². The number of carbonyl (C=O) groups excluding carboxylic acids is 1. The average molecular weight is 339 g/mol. The Balaban J connectivity index is 2.02. The van der Waals surface area contributed by atoms with Crippen LogP contribution < -0.4 is 14.8 Å². The molecule has 0 saturated heterocycles. The van der Waals surface area contributed by atoms with Crippen LogP contribution in [0.25, 0.3) is 0 Å². The minimum atomic E-state index is 0.0252. The van der Waals surface area contributed by atoms with Crippen molar-refractivity contribution < 1.29 is 14.3 Å². The molecule has 0 fully saturated rings. The second-order valence-corrected chi connectivity index (χ2v) is 6.59. The Kier molecular flexibility index (Phi) is 4.98. The van der Waals surface area contributed by atoms with Crippen molar-refractivity contribution in [2.75, 3.05) is 19.0 Å². The molecule has 1 atom stereocenters. The summed E-state index contributed by atoms with van der Waals surface area (Å²) in [5, 5.41) is 3.00. The lowest BCUT2D eigenvalue weighted by Gasteiger charge is -2.27. The van der Waals surface area contributed by atoms with Gasteiger partial charge >= 0.3 is 0 Å². The van der Waals surface area contributed by atoms with Gasteiger partial charge < -0.3 is 14.8 Å². The highest BCUT2D eigenvalue weighted by Gasteiger charge is 2.27. The van der Waals surface area contributed by atoms with Crippen LogP contribution in [0.15, 0.2) is 30.3 Å². The fraction of sp³-hybridized carbons (Fsp3) is 0.381. The molecular weight excluding hydrogens is 314 g/mol. The standard InChI is InChI=1S/C21H25NO3/c1-5-8-25-19-7-6-15(11-20(19)24-4)16-12-21(23)22-18-10-14(3)13(2)9-17(16)18/h6-7,9-11,16H,5,8,12H2,1-4H3,(H,22,23)/t16-/m0/s1. The van der Waals surface area contributed by atoms with E-state index in [1.165, 1.54) is 11.1 Å². The molecule has 1 heterocycles. The maximum atomic E-state index is 12.2. The highest BCUT2D eigenvalue weighted by molar-refractivity contribution is 5.95. The summed E-state index contributed by atoms with van der Waals surface area (Å²) in [6, 6.07) is 10.2. The summed E-state index contributed by atoms with van der Waals surface area (Å²) in [5.74, 6) is 1.53. The van der Waals surface area contributed by atoms with Crippen molar-refractivity contribution in [3.8, 4) is 11.5 Å². The molecule has 0 aromatic heterocycles. The second-order valence-electron chi connectivity index (χ2n) is 6.59. The van der Waals surface area contributed by atoms with Crippen molar-refractivity contribution in [1.29, 1.82) is 0 Å². The molecule has 3 rings (SSSR count). The van der Waals surface area contributed by atoms with Crippen LogP contribution in [0, 0.1) is 13.8 Å². The van der Waals surface area contributed by atoms with E-state index in [1.54, 1.807) is 7.11 Å². The largest absolute Gasteiger partial charge is 0.493 e. The minimum absolute atomic E-state index is 0.0252. The third-order valence-corrected chi connectivity index (χ3v) is 4.76. The maximum absolute atomic E-state index is 12.2. The van der Waals surface area contributed by atoms with Gasteiger partial charge in [0, 0.05) is 18.0 Å². The molecule has 25 heavy (non-hydrogen) atoms. The first kappa shape index (κ1) is 17.3. The Bertz CT molecular complexity index is 798. The van der Waals surface area contributed by atoms with E-state index in [4.69, 9.17) is 9.47 Å². The van der Waals surface area contributed by atoms with Crippen molar-refractivity contribution in [3.05, 3.63) is 52.6 Å². The fourth-order valence-corrected chi connectivity index (χ4v) is 3.26. The van der Waals surface area contributed by atoms with Gasteiger partial charge in [0.25, 0.3) is 0 Å². The van der Waals surface area contributed by atoms with Gasteiger partial charge in [-0.3, -0.25) is 4.79 Å². The second kappa shape index (κ2) is 7.18. The Morgan fingerprint density at radius 2 is 1.88 bits per heavy atom. The molecular formula is C21H25NO3. The van der Waals surface area contributed by atoms with Crippen LogP contribution in [0.1, 0.15) is 47.9 Å². The van der Waals surface area contributed by atoms with Gasteiger partial charge in [0.1, 0.15) is 0 Å². The smallest absolute Gasteiger partial charge is 0.225 e. The monoisotopic (exact) mass is 339 g/mol. The Labute approximate surface area is 149 Å². The number of carbonyl (C=O) groups is 1. The van der Waals surface area contributed by atoms with Crippen LogP contribution in [-0.4, -0.2) is 19.6 Å². The number of hydrogen-bond donors (Lipinski definition) is 1. The van der Waals surface area contributed by atoms with Gasteiger partial charge in [0.2, 0.25) is 5.91 Å². The van der Waals surface area contributed by atoms with Gasteiger partial charge in [-0.05, 0) is 60.7 Å². The molecule has 2 aromatic carbocycles. The van der Waals surface area contributed by atoms with Crippen molar-refractivity contribution in [1.82, 2.24) is 0 Å². The Morgan fingerprint density at radius 3 is 2.60 bits per heavy atom. The summed E-state index contributed by atoms with van der Waals surface area (Å²) in [4.78, 5) is 12.2. The SMILES string of the molecule is CCCOc1ccc([C@@H]2CC(=O)Nc3cc(C)c(C)cc32)cc1OC. The Hall–Kier alpha value is -2.49. The zero-order chi connectivity index (χ0) is 18.0. The van der Waals surface area contributed by atoms with Crippen LogP contribution >= 0.6 is 0 Å². The molecule has 132 valence electrons. The number of nitrogens with one attached hydrogen (secondary N) is 1. The van der Waals surface area contributed by atoms with Crippen LogP contribution in [0.5, 0.6) is 11.5 Å². The number of anilines is 1. The number of hydrogen-bond acceptors (Lipinski definition) is 3. The summed E-state index contributed by atoms with van der Waals surface area (Å²) in [7, 11) is 1.65. The van der Waals surface area contributed by atoms with Crippen molar-refractivity contribution in [3.63, 3.8) is 0 Å². The molecule has 4 heteroatoms. The predicted octanol–water partition coefficient (Wildman–Crippen LogP) is 4.57. The molecule has 0 saturated carbocycles. The van der Waals surface area contributed by atoms with Crippen molar-refractivity contribution >= 4 is 11.6 Å². The lowest BCUT2D eigenvalue weighted by Crippen LogP contribution is -2.24. The number of aryl methyl sites for hydroxylation is 2. The Morgan fingerprint density at radius 1 is 1.12 bits per heavy atom. The van der Waals surface area contributed by atoms with Crippen molar-refractivity contribution in [2.24, 2.45) is 0 Å². The maximum Gasteiger partial charge on any atom is 0.225 e. The fourth-order valence-electron chi connectivity index (χ4n) is 3.26. The van der Waals surface area contributed by atoms with Crippen LogP contribution in [0.2, 0.25) is 0 Å². The molecule has 0 spiro atoms. The quantitative estimate of drug-likeness (QED) is 0.868. The molecule has 1 aliphatic heterocycles. The first-order valence-corrected chi connectivity index (χ1v) is 8.75. The highest BCUT2D eigenvalue weighted by atomic mass is 16.5. The summed E-state index contributed by atoms with van der Waals surface area (Å²) >= 11 is 0. The van der Waals surface area contributed by atoms with E-state index in [9.17, 15) is 4.79 Å². The molecule has 2 aromatic rings. The van der Waals surface area contributed by atoms with E-state index in [0.29, 0.717) is 18.8 Å². The molecule has 0 bridgehead atoms. The summed E-state index contributed by atoms with van der Waals surface area (Å²) in [6.45, 7) is 6.89. The summed E-state index contributed by atoms with van der Waals surface area (Å²) in [6.07, 6.45) is 1.38. The lowest BCUT2D eigenvalue weighted by atomic mass is 9.83. The van der Waals surface area contributed by atoms with E-state index in [-0.39, 0.29) is 11.8 Å². The number of benzene rings is 2. The van der Waals surface area contributed by atoms with Gasteiger partial charge in [-0.25, -0.2) is 0 Å². The van der Waals surface area contributed by atoms with E-state index in [2.05, 4.69) is 38.2 Å². The summed E-state index contributed by atoms with van der Waals surface area (Å²) < 4.78 is 11.2. The first-order valence-electron chi connectivity index (χ1n) is 8.75. The van der Waals surface area contributed by atoms with E-state index >= 15 is 0 Å². The third kappa shape index (κ3) is 3.48. The molecule has 0 unspecified atom stereocenters. The van der Waals surface area contributed by atoms with Crippen LogP contribution in [0.4, 0.5) is 5.69 Å². The predicted molar refractivity (Wildman–Crippen MR) is 99.8 cm³/mol. The topological polar surface area (TPSA) is 47.6 Å². The number of fused-ring (bicyclic) bond motifs is 1. The number of amides is 1.